The molecule has 1 unspecified atom stereocenters. The number of carbonyl (C=O) groups is 1. The van der Waals surface area contributed by atoms with Crippen LogP contribution in [0.5, 0.6) is 0 Å². The topological polar surface area (TPSA) is 49.3 Å². The SMILES string of the molecule is Cc1cc(C)c(C(C)Nc2ccccc2C(=O)O)cc1C. The molecule has 3 heteroatoms. The first-order chi connectivity index (χ1) is 9.90. The summed E-state index contributed by atoms with van der Waals surface area (Å²) in [4.78, 5) is 11.3. The van der Waals surface area contributed by atoms with Crippen molar-refractivity contribution in [3.05, 3.63) is 64.2 Å². The minimum Gasteiger partial charge on any atom is -0.478 e. The lowest BCUT2D eigenvalue weighted by Crippen LogP contribution is -2.12. The van der Waals surface area contributed by atoms with Gasteiger partial charge in [-0.2, -0.15) is 0 Å². The van der Waals surface area contributed by atoms with Gasteiger partial charge in [0.1, 0.15) is 0 Å². The Labute approximate surface area is 125 Å². The summed E-state index contributed by atoms with van der Waals surface area (Å²) < 4.78 is 0. The lowest BCUT2D eigenvalue weighted by Gasteiger charge is -2.20. The molecular weight excluding hydrogens is 262 g/mol. The normalized spacial score (nSPS) is 12.0. The molecular formula is C18H21NO2. The van der Waals surface area contributed by atoms with Crippen molar-refractivity contribution >= 4 is 11.7 Å². The van der Waals surface area contributed by atoms with E-state index in [1.807, 2.05) is 6.07 Å². The molecule has 2 N–H and O–H groups in total. The molecule has 0 aliphatic rings. The van der Waals surface area contributed by atoms with Crippen molar-refractivity contribution in [1.29, 1.82) is 0 Å². The number of rotatable bonds is 4. The molecule has 0 bridgehead atoms. The van der Waals surface area contributed by atoms with E-state index in [0.29, 0.717) is 11.3 Å². The third kappa shape index (κ3) is 3.24. The maximum atomic E-state index is 11.3. The van der Waals surface area contributed by atoms with E-state index >= 15 is 0 Å². The zero-order chi connectivity index (χ0) is 15.6. The molecule has 0 radical (unpaired) electrons. The number of anilines is 1. The first-order valence-corrected chi connectivity index (χ1v) is 7.06. The van der Waals surface area contributed by atoms with Gasteiger partial charge in [0, 0.05) is 11.7 Å². The Morgan fingerprint density at radius 2 is 1.67 bits per heavy atom. The summed E-state index contributed by atoms with van der Waals surface area (Å²) in [7, 11) is 0. The molecule has 2 rings (SSSR count). The average molecular weight is 283 g/mol. The molecule has 0 amide bonds. The molecule has 0 heterocycles. The van der Waals surface area contributed by atoms with Crippen LogP contribution < -0.4 is 5.32 Å². The molecule has 0 aliphatic heterocycles. The summed E-state index contributed by atoms with van der Waals surface area (Å²) >= 11 is 0. The lowest BCUT2D eigenvalue weighted by atomic mass is 9.96. The maximum Gasteiger partial charge on any atom is 0.337 e. The van der Waals surface area contributed by atoms with Crippen LogP contribution in [0.1, 0.15) is 45.6 Å². The highest BCUT2D eigenvalue weighted by atomic mass is 16.4. The summed E-state index contributed by atoms with van der Waals surface area (Å²) in [6, 6.07) is 11.4. The molecule has 1 atom stereocenters. The number of benzene rings is 2. The van der Waals surface area contributed by atoms with Crippen LogP contribution in [0.4, 0.5) is 5.69 Å². The molecule has 21 heavy (non-hydrogen) atoms. The van der Waals surface area contributed by atoms with Crippen LogP contribution >= 0.6 is 0 Å². The number of aryl methyl sites for hydroxylation is 3. The summed E-state index contributed by atoms with van der Waals surface area (Å²) in [5, 5.41) is 12.6. The zero-order valence-electron chi connectivity index (χ0n) is 12.9. The molecule has 0 aromatic heterocycles. The van der Waals surface area contributed by atoms with Gasteiger partial charge in [0.05, 0.1) is 5.56 Å². The van der Waals surface area contributed by atoms with Crippen LogP contribution in [0.3, 0.4) is 0 Å². The summed E-state index contributed by atoms with van der Waals surface area (Å²) in [6.45, 7) is 8.33. The fourth-order valence-corrected chi connectivity index (χ4v) is 2.56. The second kappa shape index (κ2) is 6.00. The van der Waals surface area contributed by atoms with Gasteiger partial charge in [-0.15, -0.1) is 0 Å². The first-order valence-electron chi connectivity index (χ1n) is 7.06. The Balaban J connectivity index is 2.33. The number of aromatic carboxylic acids is 1. The van der Waals surface area contributed by atoms with E-state index in [1.54, 1.807) is 18.2 Å². The molecule has 0 saturated heterocycles. The number of para-hydroxylation sites is 1. The van der Waals surface area contributed by atoms with Gasteiger partial charge < -0.3 is 10.4 Å². The van der Waals surface area contributed by atoms with E-state index in [-0.39, 0.29) is 6.04 Å². The van der Waals surface area contributed by atoms with Gasteiger partial charge in [0.2, 0.25) is 0 Å². The summed E-state index contributed by atoms with van der Waals surface area (Å²) in [6.07, 6.45) is 0. The van der Waals surface area contributed by atoms with Crippen molar-refractivity contribution in [2.45, 2.75) is 33.7 Å². The smallest absolute Gasteiger partial charge is 0.337 e. The molecule has 0 saturated carbocycles. The van der Waals surface area contributed by atoms with Gasteiger partial charge in [-0.1, -0.05) is 24.3 Å². The van der Waals surface area contributed by atoms with Gasteiger partial charge in [0.15, 0.2) is 0 Å². The van der Waals surface area contributed by atoms with Crippen molar-refractivity contribution in [2.75, 3.05) is 5.32 Å². The predicted octanol–water partition coefficient (Wildman–Crippen LogP) is 4.48. The molecule has 0 spiro atoms. The van der Waals surface area contributed by atoms with Crippen LogP contribution in [-0.2, 0) is 0 Å². The Bertz CT molecular complexity index is 677. The predicted molar refractivity (Wildman–Crippen MR) is 86.1 cm³/mol. The van der Waals surface area contributed by atoms with Crippen LogP contribution in [0, 0.1) is 20.8 Å². The molecule has 110 valence electrons. The molecule has 0 aliphatic carbocycles. The Hall–Kier alpha value is -2.29. The van der Waals surface area contributed by atoms with Crippen LogP contribution in [0.25, 0.3) is 0 Å². The number of nitrogens with one attached hydrogen (secondary N) is 1. The second-order valence-corrected chi connectivity index (χ2v) is 5.51. The molecule has 2 aromatic rings. The van der Waals surface area contributed by atoms with Gasteiger partial charge in [-0.25, -0.2) is 4.79 Å². The van der Waals surface area contributed by atoms with Gasteiger partial charge in [-0.3, -0.25) is 0 Å². The highest BCUT2D eigenvalue weighted by molar-refractivity contribution is 5.94. The molecule has 0 fully saturated rings. The maximum absolute atomic E-state index is 11.3. The summed E-state index contributed by atoms with van der Waals surface area (Å²) in [5.41, 5.74) is 5.87. The third-order valence-corrected chi connectivity index (χ3v) is 3.88. The number of hydrogen-bond donors (Lipinski definition) is 2. The van der Waals surface area contributed by atoms with Gasteiger partial charge in [0.25, 0.3) is 0 Å². The molecule has 2 aromatic carbocycles. The Kier molecular flexibility index (Phi) is 4.32. The van der Waals surface area contributed by atoms with Crippen molar-refractivity contribution < 1.29 is 9.90 Å². The highest BCUT2D eigenvalue weighted by Gasteiger charge is 2.14. The quantitative estimate of drug-likeness (QED) is 0.869. The van der Waals surface area contributed by atoms with Crippen molar-refractivity contribution in [1.82, 2.24) is 0 Å². The van der Waals surface area contributed by atoms with E-state index in [2.05, 4.69) is 45.1 Å². The Morgan fingerprint density at radius 1 is 1.05 bits per heavy atom. The van der Waals surface area contributed by atoms with Gasteiger partial charge >= 0.3 is 5.97 Å². The second-order valence-electron chi connectivity index (χ2n) is 5.51. The standard InChI is InChI=1S/C18H21NO2/c1-11-9-13(3)16(10-12(11)2)14(4)19-17-8-6-5-7-15(17)18(20)21/h5-10,14,19H,1-4H3,(H,20,21). The lowest BCUT2D eigenvalue weighted by molar-refractivity contribution is 0.0698. The Morgan fingerprint density at radius 3 is 2.33 bits per heavy atom. The molecule has 3 nitrogen and oxygen atoms in total. The van der Waals surface area contributed by atoms with E-state index < -0.39 is 5.97 Å². The number of carboxylic acid groups (broad SMARTS) is 1. The average Bonchev–Trinajstić information content (AvgIpc) is 2.43. The fourth-order valence-electron chi connectivity index (χ4n) is 2.56. The van der Waals surface area contributed by atoms with E-state index in [0.717, 1.165) is 0 Å². The van der Waals surface area contributed by atoms with Crippen molar-refractivity contribution in [2.24, 2.45) is 0 Å². The highest BCUT2D eigenvalue weighted by Crippen LogP contribution is 2.26. The van der Waals surface area contributed by atoms with Gasteiger partial charge in [-0.05, 0) is 62.1 Å². The minimum absolute atomic E-state index is 0.0461. The first kappa shape index (κ1) is 15.1. The van der Waals surface area contributed by atoms with Crippen molar-refractivity contribution in [3.8, 4) is 0 Å². The monoisotopic (exact) mass is 283 g/mol. The fraction of sp³-hybridized carbons (Fsp3) is 0.278. The number of hydrogen-bond acceptors (Lipinski definition) is 2. The zero-order valence-corrected chi connectivity index (χ0v) is 12.9. The summed E-state index contributed by atoms with van der Waals surface area (Å²) in [5.74, 6) is -0.915. The van der Waals surface area contributed by atoms with Crippen LogP contribution in [0.2, 0.25) is 0 Å². The third-order valence-electron chi connectivity index (χ3n) is 3.88. The van der Waals surface area contributed by atoms with Crippen LogP contribution in [-0.4, -0.2) is 11.1 Å². The van der Waals surface area contributed by atoms with Crippen LogP contribution in [0.15, 0.2) is 36.4 Å². The van der Waals surface area contributed by atoms with E-state index in [1.165, 1.54) is 22.3 Å². The minimum atomic E-state index is -0.915. The van der Waals surface area contributed by atoms with Crippen molar-refractivity contribution in [3.63, 3.8) is 0 Å². The number of carboxylic acids is 1. The van der Waals surface area contributed by atoms with E-state index in [4.69, 9.17) is 0 Å². The largest absolute Gasteiger partial charge is 0.478 e. The van der Waals surface area contributed by atoms with E-state index in [9.17, 15) is 9.90 Å².